The zero-order valence-corrected chi connectivity index (χ0v) is 25.0. The van der Waals surface area contributed by atoms with Crippen LogP contribution in [-0.2, 0) is 22.6 Å². The quantitative estimate of drug-likeness (QED) is 0.199. The van der Waals surface area contributed by atoms with Gasteiger partial charge in [-0.2, -0.15) is 0 Å². The number of aliphatic hydroxyl groups excluding tert-OH is 1. The van der Waals surface area contributed by atoms with Crippen molar-refractivity contribution in [2.45, 2.75) is 65.6 Å². The van der Waals surface area contributed by atoms with E-state index in [1.54, 1.807) is 0 Å². The summed E-state index contributed by atoms with van der Waals surface area (Å²) in [5, 5.41) is 18.0. The lowest BCUT2D eigenvalue weighted by Gasteiger charge is -2.30. The molecule has 2 amide bonds. The number of hydrogen-bond acceptors (Lipinski definition) is 6. The molecular weight excluding hydrogens is 504 g/mol. The lowest BCUT2D eigenvalue weighted by atomic mass is 9.99. The second-order valence-electron chi connectivity index (χ2n) is 11.3. The Morgan fingerprint density at radius 3 is 2.20 bits per heavy atom. The maximum atomic E-state index is 13.6. The van der Waals surface area contributed by atoms with E-state index in [4.69, 9.17) is 9.84 Å². The van der Waals surface area contributed by atoms with Gasteiger partial charge >= 0.3 is 0 Å². The van der Waals surface area contributed by atoms with Crippen LogP contribution in [0, 0.1) is 11.8 Å². The van der Waals surface area contributed by atoms with Crippen LogP contribution in [-0.4, -0.2) is 73.7 Å². The van der Waals surface area contributed by atoms with E-state index in [1.807, 2.05) is 61.6 Å². The van der Waals surface area contributed by atoms with E-state index < -0.39 is 6.04 Å². The highest BCUT2D eigenvalue weighted by molar-refractivity contribution is 5.90. The van der Waals surface area contributed by atoms with E-state index in [2.05, 4.69) is 48.5 Å². The summed E-state index contributed by atoms with van der Waals surface area (Å²) in [4.78, 5) is 28.9. The third kappa shape index (κ3) is 12.9. The molecule has 0 saturated heterocycles. The first kappa shape index (κ1) is 33.3. The maximum absolute atomic E-state index is 13.6. The van der Waals surface area contributed by atoms with Gasteiger partial charge in [0.2, 0.25) is 11.8 Å². The summed E-state index contributed by atoms with van der Waals surface area (Å²) < 4.78 is 5.90. The van der Waals surface area contributed by atoms with Crippen molar-refractivity contribution in [3.63, 3.8) is 0 Å². The van der Waals surface area contributed by atoms with Crippen LogP contribution >= 0.6 is 0 Å². The lowest BCUT2D eigenvalue weighted by molar-refractivity contribution is -0.132. The third-order valence-electron chi connectivity index (χ3n) is 6.72. The number of ether oxygens (including phenoxy) is 1. The van der Waals surface area contributed by atoms with Gasteiger partial charge in [-0.3, -0.25) is 14.5 Å². The molecule has 0 saturated carbocycles. The number of amides is 2. The minimum Gasteiger partial charge on any atom is -0.489 e. The molecule has 2 aromatic rings. The van der Waals surface area contributed by atoms with E-state index in [9.17, 15) is 9.59 Å². The molecule has 8 nitrogen and oxygen atoms in total. The topological polar surface area (TPSA) is 103 Å². The van der Waals surface area contributed by atoms with Gasteiger partial charge in [-0.1, -0.05) is 70.2 Å². The fourth-order valence-corrected chi connectivity index (χ4v) is 4.33. The molecule has 0 spiro atoms. The van der Waals surface area contributed by atoms with E-state index >= 15 is 0 Å². The van der Waals surface area contributed by atoms with Crippen LogP contribution in [0.15, 0.2) is 54.6 Å². The zero-order chi connectivity index (χ0) is 29.3. The SMILES string of the molecule is CC(C)CCN(C)[C@H](CC(C)C)C(=O)N[C@@H](Cc1ccc(OCc2ccccc2)cc1)C(=O)NCCNCCO. The fourth-order valence-electron chi connectivity index (χ4n) is 4.33. The van der Waals surface area contributed by atoms with Gasteiger partial charge in [0, 0.05) is 26.1 Å². The Morgan fingerprint density at radius 2 is 1.57 bits per heavy atom. The summed E-state index contributed by atoms with van der Waals surface area (Å²) in [7, 11) is 1.99. The molecule has 40 heavy (non-hydrogen) atoms. The van der Waals surface area contributed by atoms with Gasteiger partial charge in [0.25, 0.3) is 0 Å². The van der Waals surface area contributed by atoms with Crippen molar-refractivity contribution >= 4 is 11.8 Å². The van der Waals surface area contributed by atoms with Gasteiger partial charge in [0.15, 0.2) is 0 Å². The molecule has 0 radical (unpaired) electrons. The number of aliphatic hydroxyl groups is 1. The molecule has 0 unspecified atom stereocenters. The summed E-state index contributed by atoms with van der Waals surface area (Å²) in [5.41, 5.74) is 2.02. The molecule has 2 rings (SSSR count). The first-order valence-corrected chi connectivity index (χ1v) is 14.5. The van der Waals surface area contributed by atoms with E-state index in [1.165, 1.54) is 0 Å². The first-order chi connectivity index (χ1) is 19.2. The number of rotatable bonds is 19. The normalized spacial score (nSPS) is 12.9. The lowest BCUT2D eigenvalue weighted by Crippen LogP contribution is -2.54. The molecule has 0 heterocycles. The second-order valence-corrected chi connectivity index (χ2v) is 11.3. The third-order valence-corrected chi connectivity index (χ3v) is 6.72. The molecule has 0 aliphatic carbocycles. The van der Waals surface area contributed by atoms with Crippen LogP contribution in [0.4, 0.5) is 0 Å². The van der Waals surface area contributed by atoms with Crippen molar-refractivity contribution in [1.29, 1.82) is 0 Å². The number of carbonyl (C=O) groups is 2. The molecule has 0 aliphatic rings. The van der Waals surface area contributed by atoms with Crippen LogP contribution < -0.4 is 20.7 Å². The average Bonchev–Trinajstić information content (AvgIpc) is 2.94. The van der Waals surface area contributed by atoms with Crippen molar-refractivity contribution in [3.8, 4) is 5.75 Å². The number of hydrogen-bond donors (Lipinski definition) is 4. The molecule has 0 bridgehead atoms. The molecular formula is C32H50N4O4. The van der Waals surface area contributed by atoms with Gasteiger partial charge < -0.3 is 25.8 Å². The number of benzene rings is 2. The molecule has 0 aliphatic heterocycles. The number of carbonyl (C=O) groups excluding carboxylic acids is 2. The van der Waals surface area contributed by atoms with E-state index in [0.717, 1.165) is 29.8 Å². The minimum absolute atomic E-state index is 0.0409. The van der Waals surface area contributed by atoms with Crippen LogP contribution in [0.25, 0.3) is 0 Å². The number of nitrogens with one attached hydrogen (secondary N) is 3. The monoisotopic (exact) mass is 554 g/mol. The average molecular weight is 555 g/mol. The molecule has 8 heteroatoms. The molecule has 0 fully saturated rings. The van der Waals surface area contributed by atoms with Crippen LogP contribution in [0.3, 0.4) is 0 Å². The predicted octanol–water partition coefficient (Wildman–Crippen LogP) is 3.38. The van der Waals surface area contributed by atoms with Gasteiger partial charge in [-0.15, -0.1) is 0 Å². The van der Waals surface area contributed by atoms with Crippen molar-refractivity contribution in [2.24, 2.45) is 11.8 Å². The Bertz CT molecular complexity index is 982. The fraction of sp³-hybridized carbons (Fsp3) is 0.562. The van der Waals surface area contributed by atoms with Crippen molar-refractivity contribution in [2.75, 3.05) is 39.8 Å². The second kappa shape index (κ2) is 18.4. The standard InChI is InChI=1S/C32H50N4O4/c1-24(2)15-19-36(5)30(21-25(3)4)32(39)35-29(31(38)34-17-16-33-18-20-37)22-26-11-13-28(14-12-26)40-23-27-9-7-6-8-10-27/h6-14,24-25,29-30,33,37H,15-23H2,1-5H3,(H,34,38)(H,35,39)/t29-,30+/m0/s1. The Hall–Kier alpha value is -2.94. The Labute approximate surface area is 240 Å². The first-order valence-electron chi connectivity index (χ1n) is 14.5. The Balaban J connectivity index is 2.10. The smallest absolute Gasteiger partial charge is 0.242 e. The van der Waals surface area contributed by atoms with Gasteiger partial charge in [0.1, 0.15) is 18.4 Å². The summed E-state index contributed by atoms with van der Waals surface area (Å²) in [5.74, 6) is 1.28. The molecule has 0 aromatic heterocycles. The highest BCUT2D eigenvalue weighted by Gasteiger charge is 2.29. The molecule has 2 atom stereocenters. The van der Waals surface area contributed by atoms with Crippen LogP contribution in [0.2, 0.25) is 0 Å². The van der Waals surface area contributed by atoms with Crippen molar-refractivity contribution in [1.82, 2.24) is 20.9 Å². The highest BCUT2D eigenvalue weighted by atomic mass is 16.5. The molecule has 222 valence electrons. The summed E-state index contributed by atoms with van der Waals surface area (Å²) in [6, 6.07) is 16.6. The van der Waals surface area contributed by atoms with Crippen molar-refractivity contribution < 1.29 is 19.4 Å². The van der Waals surface area contributed by atoms with Gasteiger partial charge in [0.05, 0.1) is 12.6 Å². The molecule has 2 aromatic carbocycles. The largest absolute Gasteiger partial charge is 0.489 e. The Kier molecular flexibility index (Phi) is 15.3. The highest BCUT2D eigenvalue weighted by Crippen LogP contribution is 2.17. The summed E-state index contributed by atoms with van der Waals surface area (Å²) in [6.07, 6.45) is 2.08. The summed E-state index contributed by atoms with van der Waals surface area (Å²) in [6.45, 7) is 11.3. The Morgan fingerprint density at radius 1 is 0.875 bits per heavy atom. The number of likely N-dealkylation sites (N-methyl/N-ethyl adjacent to an activating group) is 1. The minimum atomic E-state index is -0.713. The van der Waals surface area contributed by atoms with Crippen LogP contribution in [0.5, 0.6) is 5.75 Å². The summed E-state index contributed by atoms with van der Waals surface area (Å²) >= 11 is 0. The van der Waals surface area contributed by atoms with Gasteiger partial charge in [-0.25, -0.2) is 0 Å². The van der Waals surface area contributed by atoms with Crippen LogP contribution in [0.1, 0.15) is 51.7 Å². The number of nitrogens with zero attached hydrogens (tertiary/aromatic N) is 1. The van der Waals surface area contributed by atoms with E-state index in [0.29, 0.717) is 50.9 Å². The van der Waals surface area contributed by atoms with Gasteiger partial charge in [-0.05, 0) is 61.5 Å². The predicted molar refractivity (Wildman–Crippen MR) is 161 cm³/mol. The maximum Gasteiger partial charge on any atom is 0.242 e. The zero-order valence-electron chi connectivity index (χ0n) is 25.0. The van der Waals surface area contributed by atoms with E-state index in [-0.39, 0.29) is 24.5 Å². The van der Waals surface area contributed by atoms with Crippen molar-refractivity contribution in [3.05, 3.63) is 65.7 Å². The molecule has 4 N–H and O–H groups in total.